The highest BCUT2D eigenvalue weighted by Crippen LogP contribution is 2.18. The van der Waals surface area contributed by atoms with Gasteiger partial charge in [0.1, 0.15) is 5.75 Å². The van der Waals surface area contributed by atoms with Crippen molar-refractivity contribution in [1.82, 2.24) is 5.32 Å². The first-order valence-corrected chi connectivity index (χ1v) is 7.75. The second kappa shape index (κ2) is 8.31. The summed E-state index contributed by atoms with van der Waals surface area (Å²) in [6.45, 7) is 2.08. The van der Waals surface area contributed by atoms with Crippen LogP contribution < -0.4 is 10.1 Å². The molecular weight excluding hydrogens is 332 g/mol. The standard InChI is InChI=1S/C17H17ClN2O4/c1-12(13-2-4-14(18)5-3-13)19-17(21)10-11-24-16-8-6-15(7-9-16)20(22)23/h2-9,12H,10-11H2,1H3,(H,19,21)/t12-/m1/s1. The van der Waals surface area contributed by atoms with Crippen molar-refractivity contribution in [1.29, 1.82) is 0 Å². The van der Waals surface area contributed by atoms with E-state index in [4.69, 9.17) is 16.3 Å². The van der Waals surface area contributed by atoms with Crippen LogP contribution in [0.1, 0.15) is 24.9 Å². The second-order valence-electron chi connectivity index (χ2n) is 5.19. The molecule has 6 nitrogen and oxygen atoms in total. The summed E-state index contributed by atoms with van der Waals surface area (Å²) < 4.78 is 5.41. The van der Waals surface area contributed by atoms with E-state index in [1.54, 1.807) is 12.1 Å². The predicted molar refractivity (Wildman–Crippen MR) is 91.2 cm³/mol. The number of halogens is 1. The van der Waals surface area contributed by atoms with Crippen LogP contribution in [-0.2, 0) is 4.79 Å². The molecule has 24 heavy (non-hydrogen) atoms. The normalized spacial score (nSPS) is 11.6. The third kappa shape index (κ3) is 5.24. The molecule has 2 aromatic carbocycles. The maximum absolute atomic E-state index is 11.9. The molecule has 0 heterocycles. The van der Waals surface area contributed by atoms with Gasteiger partial charge in [0.2, 0.25) is 5.91 Å². The van der Waals surface area contributed by atoms with E-state index in [1.807, 2.05) is 19.1 Å². The second-order valence-corrected chi connectivity index (χ2v) is 5.63. The Labute approximate surface area is 144 Å². The Morgan fingerprint density at radius 3 is 2.42 bits per heavy atom. The molecule has 2 rings (SSSR count). The molecule has 1 amide bonds. The minimum atomic E-state index is -0.477. The average molecular weight is 349 g/mol. The molecule has 0 saturated heterocycles. The fourth-order valence-corrected chi connectivity index (χ4v) is 2.20. The van der Waals surface area contributed by atoms with E-state index in [-0.39, 0.29) is 30.7 Å². The van der Waals surface area contributed by atoms with Gasteiger partial charge in [-0.15, -0.1) is 0 Å². The summed E-state index contributed by atoms with van der Waals surface area (Å²) in [7, 11) is 0. The Balaban J connectivity index is 1.76. The molecule has 0 radical (unpaired) electrons. The molecule has 1 N–H and O–H groups in total. The highest BCUT2D eigenvalue weighted by Gasteiger charge is 2.10. The maximum Gasteiger partial charge on any atom is 0.269 e. The molecular formula is C17H17ClN2O4. The third-order valence-electron chi connectivity index (χ3n) is 3.39. The van der Waals surface area contributed by atoms with Crippen LogP contribution in [0.15, 0.2) is 48.5 Å². The summed E-state index contributed by atoms with van der Waals surface area (Å²) >= 11 is 5.83. The van der Waals surface area contributed by atoms with Gasteiger partial charge >= 0.3 is 0 Å². The van der Waals surface area contributed by atoms with Crippen LogP contribution in [0.4, 0.5) is 5.69 Å². The molecule has 0 aromatic heterocycles. The third-order valence-corrected chi connectivity index (χ3v) is 3.64. The van der Waals surface area contributed by atoms with Crippen molar-refractivity contribution in [3.8, 4) is 5.75 Å². The van der Waals surface area contributed by atoms with Crippen molar-refractivity contribution in [2.45, 2.75) is 19.4 Å². The van der Waals surface area contributed by atoms with Gasteiger partial charge in [-0.1, -0.05) is 23.7 Å². The lowest BCUT2D eigenvalue weighted by molar-refractivity contribution is -0.384. The molecule has 0 aliphatic rings. The van der Waals surface area contributed by atoms with Gasteiger partial charge < -0.3 is 10.1 Å². The number of nitrogens with zero attached hydrogens (tertiary/aromatic N) is 1. The molecule has 7 heteroatoms. The zero-order valence-electron chi connectivity index (χ0n) is 13.1. The number of carbonyl (C=O) groups excluding carboxylic acids is 1. The summed E-state index contributed by atoms with van der Waals surface area (Å²) in [5, 5.41) is 14.1. The predicted octanol–water partition coefficient (Wildman–Crippen LogP) is 3.89. The quantitative estimate of drug-likeness (QED) is 0.607. The summed E-state index contributed by atoms with van der Waals surface area (Å²) in [6.07, 6.45) is 0.189. The van der Waals surface area contributed by atoms with E-state index in [1.165, 1.54) is 24.3 Å². The van der Waals surface area contributed by atoms with E-state index in [2.05, 4.69) is 5.32 Å². The minimum absolute atomic E-state index is 0.00289. The number of carbonyl (C=O) groups is 1. The van der Waals surface area contributed by atoms with Crippen LogP contribution in [0, 0.1) is 10.1 Å². The number of amides is 1. The minimum Gasteiger partial charge on any atom is -0.493 e. The number of ether oxygens (including phenoxy) is 1. The lowest BCUT2D eigenvalue weighted by atomic mass is 10.1. The maximum atomic E-state index is 11.9. The number of nitro groups is 1. The van der Waals surface area contributed by atoms with Crippen molar-refractivity contribution in [3.05, 3.63) is 69.2 Å². The van der Waals surface area contributed by atoms with Gasteiger partial charge in [0.15, 0.2) is 0 Å². The first-order valence-electron chi connectivity index (χ1n) is 7.38. The van der Waals surface area contributed by atoms with Gasteiger partial charge in [0.25, 0.3) is 5.69 Å². The topological polar surface area (TPSA) is 81.5 Å². The van der Waals surface area contributed by atoms with Gasteiger partial charge in [-0.2, -0.15) is 0 Å². The fourth-order valence-electron chi connectivity index (χ4n) is 2.07. The van der Waals surface area contributed by atoms with E-state index in [0.29, 0.717) is 10.8 Å². The summed E-state index contributed by atoms with van der Waals surface area (Å²) in [5.41, 5.74) is 0.959. The summed E-state index contributed by atoms with van der Waals surface area (Å²) in [6, 6.07) is 12.9. The number of nitro benzene ring substituents is 1. The zero-order chi connectivity index (χ0) is 17.5. The fraction of sp³-hybridized carbons (Fsp3) is 0.235. The van der Waals surface area contributed by atoms with Crippen LogP contribution in [0.25, 0.3) is 0 Å². The highest BCUT2D eigenvalue weighted by atomic mass is 35.5. The molecule has 2 aromatic rings. The smallest absolute Gasteiger partial charge is 0.269 e. The van der Waals surface area contributed by atoms with Gasteiger partial charge in [-0.05, 0) is 36.8 Å². The number of non-ortho nitro benzene ring substituents is 1. The van der Waals surface area contributed by atoms with Crippen molar-refractivity contribution in [2.75, 3.05) is 6.61 Å². The van der Waals surface area contributed by atoms with E-state index >= 15 is 0 Å². The first-order chi connectivity index (χ1) is 11.5. The molecule has 1 atom stereocenters. The van der Waals surface area contributed by atoms with Crippen molar-refractivity contribution in [2.24, 2.45) is 0 Å². The average Bonchev–Trinajstić information content (AvgIpc) is 2.55. The van der Waals surface area contributed by atoms with Crippen molar-refractivity contribution >= 4 is 23.2 Å². The van der Waals surface area contributed by atoms with Gasteiger partial charge in [0.05, 0.1) is 24.0 Å². The van der Waals surface area contributed by atoms with Crippen LogP contribution in [-0.4, -0.2) is 17.4 Å². The van der Waals surface area contributed by atoms with Crippen molar-refractivity contribution < 1.29 is 14.5 Å². The molecule has 0 bridgehead atoms. The monoisotopic (exact) mass is 348 g/mol. The van der Waals surface area contributed by atoms with E-state index in [9.17, 15) is 14.9 Å². The highest BCUT2D eigenvalue weighted by molar-refractivity contribution is 6.30. The lowest BCUT2D eigenvalue weighted by Gasteiger charge is -2.14. The Bertz CT molecular complexity index is 702. The Kier molecular flexibility index (Phi) is 6.14. The SMILES string of the molecule is C[C@@H](NC(=O)CCOc1ccc([N+](=O)[O-])cc1)c1ccc(Cl)cc1. The Hall–Kier alpha value is -2.60. The first kappa shape index (κ1) is 17.7. The van der Waals surface area contributed by atoms with Crippen LogP contribution in [0.5, 0.6) is 5.75 Å². The van der Waals surface area contributed by atoms with E-state index < -0.39 is 4.92 Å². The molecule has 126 valence electrons. The molecule has 0 spiro atoms. The molecule has 0 unspecified atom stereocenters. The van der Waals surface area contributed by atoms with Gasteiger partial charge in [-0.25, -0.2) is 0 Å². The van der Waals surface area contributed by atoms with Crippen molar-refractivity contribution in [3.63, 3.8) is 0 Å². The van der Waals surface area contributed by atoms with Crippen LogP contribution in [0.2, 0.25) is 5.02 Å². The number of nitrogens with one attached hydrogen (secondary N) is 1. The Morgan fingerprint density at radius 1 is 1.21 bits per heavy atom. The molecule has 0 aliphatic heterocycles. The number of benzene rings is 2. The van der Waals surface area contributed by atoms with Gasteiger partial charge in [0, 0.05) is 17.2 Å². The lowest BCUT2D eigenvalue weighted by Crippen LogP contribution is -2.27. The molecule has 0 fully saturated rings. The Morgan fingerprint density at radius 2 is 1.83 bits per heavy atom. The zero-order valence-corrected chi connectivity index (χ0v) is 13.8. The number of hydrogen-bond donors (Lipinski definition) is 1. The molecule has 0 aliphatic carbocycles. The summed E-state index contributed by atoms with van der Waals surface area (Å²) in [5.74, 6) is 0.346. The largest absolute Gasteiger partial charge is 0.493 e. The van der Waals surface area contributed by atoms with E-state index in [0.717, 1.165) is 5.56 Å². The number of rotatable bonds is 7. The number of hydrogen-bond acceptors (Lipinski definition) is 4. The van der Waals surface area contributed by atoms with Gasteiger partial charge in [-0.3, -0.25) is 14.9 Å². The van der Waals surface area contributed by atoms with Crippen LogP contribution >= 0.6 is 11.6 Å². The van der Waals surface area contributed by atoms with Crippen LogP contribution in [0.3, 0.4) is 0 Å². The summed E-state index contributed by atoms with van der Waals surface area (Å²) in [4.78, 5) is 22.0. The molecule has 0 saturated carbocycles.